The molecule has 0 rings (SSSR count). The summed E-state index contributed by atoms with van der Waals surface area (Å²) in [5.74, 6) is 3.72. The van der Waals surface area contributed by atoms with E-state index < -0.39 is 9.71 Å². The number of allylic oxidation sites excluding steroid dienone is 1. The SMILES string of the molecule is C=C(OCCC)/C(=C\C)S(=C)(N)=O. The van der Waals surface area contributed by atoms with Crippen LogP contribution in [0.15, 0.2) is 23.3 Å². The fourth-order valence-electron chi connectivity index (χ4n) is 0.850. The molecular formula is C9H17NO2S. The Kier molecular flexibility index (Phi) is 4.80. The van der Waals surface area contributed by atoms with Crippen LogP contribution in [0, 0.1) is 0 Å². The van der Waals surface area contributed by atoms with Crippen LogP contribution in [0.25, 0.3) is 0 Å². The Balaban J connectivity index is 4.55. The van der Waals surface area contributed by atoms with Crippen molar-refractivity contribution in [2.45, 2.75) is 20.3 Å². The van der Waals surface area contributed by atoms with Crippen molar-refractivity contribution in [3.05, 3.63) is 23.3 Å². The summed E-state index contributed by atoms with van der Waals surface area (Å²) in [6.07, 6.45) is 2.49. The first kappa shape index (κ1) is 12.3. The van der Waals surface area contributed by atoms with Gasteiger partial charge in [0, 0.05) is 0 Å². The van der Waals surface area contributed by atoms with E-state index in [1.165, 1.54) is 0 Å². The first-order valence-corrected chi connectivity index (χ1v) is 5.85. The second kappa shape index (κ2) is 5.09. The summed E-state index contributed by atoms with van der Waals surface area (Å²) in [4.78, 5) is 0.390. The van der Waals surface area contributed by atoms with E-state index in [2.05, 4.69) is 12.4 Å². The number of nitrogens with two attached hydrogens (primary N) is 1. The molecule has 0 heterocycles. The topological polar surface area (TPSA) is 52.3 Å². The summed E-state index contributed by atoms with van der Waals surface area (Å²) in [6.45, 7) is 7.90. The molecule has 0 amide bonds. The van der Waals surface area contributed by atoms with Crippen molar-refractivity contribution in [1.29, 1.82) is 0 Å². The van der Waals surface area contributed by atoms with Gasteiger partial charge in [0.05, 0.1) is 21.2 Å². The first-order chi connectivity index (χ1) is 5.93. The fraction of sp³-hybridized carbons (Fsp3) is 0.444. The molecule has 0 saturated carbocycles. The summed E-state index contributed by atoms with van der Waals surface area (Å²) in [5, 5.41) is 5.37. The minimum Gasteiger partial charge on any atom is -0.493 e. The molecule has 0 aromatic heterocycles. The molecule has 13 heavy (non-hydrogen) atoms. The van der Waals surface area contributed by atoms with E-state index in [4.69, 9.17) is 9.88 Å². The largest absolute Gasteiger partial charge is 0.493 e. The monoisotopic (exact) mass is 203 g/mol. The maximum atomic E-state index is 11.4. The van der Waals surface area contributed by atoms with Crippen LogP contribution < -0.4 is 5.14 Å². The van der Waals surface area contributed by atoms with E-state index in [-0.39, 0.29) is 0 Å². The molecule has 0 bridgehead atoms. The molecule has 0 aromatic carbocycles. The molecule has 4 heteroatoms. The molecule has 0 fully saturated rings. The molecule has 0 aromatic rings. The minimum absolute atomic E-state index is 0.354. The van der Waals surface area contributed by atoms with Crippen molar-refractivity contribution < 1.29 is 8.95 Å². The molecule has 1 atom stereocenters. The highest BCUT2D eigenvalue weighted by atomic mass is 32.2. The minimum atomic E-state index is -2.71. The van der Waals surface area contributed by atoms with Crippen LogP contribution in [0.2, 0.25) is 0 Å². The molecule has 3 nitrogen and oxygen atoms in total. The molecule has 1 unspecified atom stereocenters. The zero-order valence-corrected chi connectivity index (χ0v) is 9.02. The van der Waals surface area contributed by atoms with Crippen molar-refractivity contribution >= 4 is 15.6 Å². The third kappa shape index (κ3) is 4.15. The van der Waals surface area contributed by atoms with Gasteiger partial charge in [0.15, 0.2) is 0 Å². The van der Waals surface area contributed by atoms with E-state index in [9.17, 15) is 4.21 Å². The van der Waals surface area contributed by atoms with Gasteiger partial charge in [-0.3, -0.25) is 5.14 Å². The smallest absolute Gasteiger partial charge is 0.128 e. The Labute approximate surface area is 80.4 Å². The Bertz CT molecular complexity index is 302. The van der Waals surface area contributed by atoms with Gasteiger partial charge in [-0.2, -0.15) is 0 Å². The van der Waals surface area contributed by atoms with Crippen LogP contribution in [0.3, 0.4) is 0 Å². The summed E-state index contributed by atoms with van der Waals surface area (Å²) in [6, 6.07) is 0. The second-order valence-corrected chi connectivity index (χ2v) is 4.54. The van der Waals surface area contributed by atoms with E-state index >= 15 is 0 Å². The quantitative estimate of drug-likeness (QED) is 0.417. The molecule has 0 saturated heterocycles. The first-order valence-electron chi connectivity index (χ1n) is 4.06. The predicted molar refractivity (Wildman–Crippen MR) is 58.6 cm³/mol. The van der Waals surface area contributed by atoms with Crippen LogP contribution >= 0.6 is 0 Å². The van der Waals surface area contributed by atoms with Crippen molar-refractivity contribution in [1.82, 2.24) is 0 Å². The highest BCUT2D eigenvalue weighted by Gasteiger charge is 2.09. The lowest BCUT2D eigenvalue weighted by Gasteiger charge is -2.12. The third-order valence-corrected chi connectivity index (χ3v) is 2.60. The summed E-state index contributed by atoms with van der Waals surface area (Å²) in [5.41, 5.74) is 0. The molecule has 0 aliphatic carbocycles. The Hall–Kier alpha value is -0.740. The van der Waals surface area contributed by atoms with Gasteiger partial charge >= 0.3 is 0 Å². The van der Waals surface area contributed by atoms with Gasteiger partial charge in [0.25, 0.3) is 0 Å². The lowest BCUT2D eigenvalue weighted by Crippen LogP contribution is -2.16. The van der Waals surface area contributed by atoms with Gasteiger partial charge < -0.3 is 4.74 Å². The van der Waals surface area contributed by atoms with Crippen LogP contribution in [0.4, 0.5) is 0 Å². The summed E-state index contributed by atoms with van der Waals surface area (Å²) >= 11 is 0. The molecule has 0 aliphatic rings. The number of ether oxygens (including phenoxy) is 1. The van der Waals surface area contributed by atoms with Crippen molar-refractivity contribution in [2.24, 2.45) is 5.14 Å². The molecule has 0 aliphatic heterocycles. The van der Waals surface area contributed by atoms with Crippen molar-refractivity contribution in [3.8, 4) is 0 Å². The number of rotatable bonds is 5. The van der Waals surface area contributed by atoms with Gasteiger partial charge in [0.2, 0.25) is 0 Å². The van der Waals surface area contributed by atoms with Gasteiger partial charge in [-0.25, -0.2) is 4.21 Å². The van der Waals surface area contributed by atoms with Gasteiger partial charge in [-0.05, 0) is 19.2 Å². The van der Waals surface area contributed by atoms with Crippen LogP contribution in [0.1, 0.15) is 20.3 Å². The number of hydrogen-bond donors (Lipinski definition) is 1. The van der Waals surface area contributed by atoms with Crippen molar-refractivity contribution in [2.75, 3.05) is 6.61 Å². The average Bonchev–Trinajstić information content (AvgIpc) is 1.99. The Morgan fingerprint density at radius 3 is 2.54 bits per heavy atom. The standard InChI is InChI=1S/C9H17NO2S/c1-5-7-12-8(3)9(6-2)13(4,10)11/h6H,3-5,7H2,1-2H3,(H2,10,11)/b9-6+. The molecule has 0 radical (unpaired) electrons. The molecule has 2 N–H and O–H groups in total. The van der Waals surface area contributed by atoms with E-state index in [0.29, 0.717) is 17.3 Å². The Morgan fingerprint density at radius 1 is 1.69 bits per heavy atom. The highest BCUT2D eigenvalue weighted by molar-refractivity contribution is 8.02. The van der Waals surface area contributed by atoms with Crippen LogP contribution in [0.5, 0.6) is 0 Å². The van der Waals surface area contributed by atoms with E-state index in [1.807, 2.05) is 6.92 Å². The average molecular weight is 203 g/mol. The van der Waals surface area contributed by atoms with Gasteiger partial charge in [-0.1, -0.05) is 19.6 Å². The third-order valence-electron chi connectivity index (χ3n) is 1.39. The lowest BCUT2D eigenvalue weighted by molar-refractivity contribution is 0.224. The van der Waals surface area contributed by atoms with E-state index in [1.54, 1.807) is 13.0 Å². The van der Waals surface area contributed by atoms with Crippen LogP contribution in [-0.2, 0) is 14.4 Å². The molecular weight excluding hydrogens is 186 g/mol. The normalized spacial score (nSPS) is 16.4. The maximum absolute atomic E-state index is 11.4. The molecule has 76 valence electrons. The summed E-state index contributed by atoms with van der Waals surface area (Å²) < 4.78 is 16.6. The molecule has 0 spiro atoms. The van der Waals surface area contributed by atoms with E-state index in [0.717, 1.165) is 6.42 Å². The highest BCUT2D eigenvalue weighted by Crippen LogP contribution is 2.13. The number of hydrogen-bond acceptors (Lipinski definition) is 2. The summed E-state index contributed by atoms with van der Waals surface area (Å²) in [7, 11) is -2.71. The predicted octanol–water partition coefficient (Wildman–Crippen LogP) is 1.42. The Morgan fingerprint density at radius 2 is 2.23 bits per heavy atom. The zero-order chi connectivity index (χ0) is 10.5. The van der Waals surface area contributed by atoms with Crippen molar-refractivity contribution in [3.63, 3.8) is 0 Å². The lowest BCUT2D eigenvalue weighted by atomic mass is 10.4. The van der Waals surface area contributed by atoms with Gasteiger partial charge in [-0.15, -0.1) is 0 Å². The fourth-order valence-corrected chi connectivity index (χ4v) is 1.69. The van der Waals surface area contributed by atoms with Crippen LogP contribution in [-0.4, -0.2) is 16.7 Å². The zero-order valence-electron chi connectivity index (χ0n) is 8.21. The second-order valence-electron chi connectivity index (χ2n) is 2.65. The van der Waals surface area contributed by atoms with Gasteiger partial charge in [0.1, 0.15) is 5.76 Å². The maximum Gasteiger partial charge on any atom is 0.128 e.